The highest BCUT2D eigenvalue weighted by Crippen LogP contribution is 2.58. The predicted octanol–water partition coefficient (Wildman–Crippen LogP) is 6.53. The molecular weight excluding hydrogens is 384 g/mol. The van der Waals surface area contributed by atoms with Gasteiger partial charge in [-0.3, -0.25) is 9.98 Å². The number of hydrogen-bond acceptors (Lipinski definition) is 4. The first-order chi connectivity index (χ1) is 15.1. The summed E-state index contributed by atoms with van der Waals surface area (Å²) in [5.41, 5.74) is 1.56. The molecule has 4 nitrogen and oxygen atoms in total. The maximum absolute atomic E-state index is 10.1. The molecule has 2 unspecified atom stereocenters. The van der Waals surface area contributed by atoms with Crippen LogP contribution in [0.2, 0.25) is 0 Å². The van der Waals surface area contributed by atoms with Crippen molar-refractivity contribution in [2.45, 2.75) is 77.3 Å². The maximum Gasteiger partial charge on any atom is 0.124 e. The minimum Gasteiger partial charge on any atom is -0.507 e. The number of rotatable bonds is 12. The zero-order chi connectivity index (χ0) is 22.1. The van der Waals surface area contributed by atoms with Gasteiger partial charge in [-0.25, -0.2) is 0 Å². The van der Waals surface area contributed by atoms with Crippen LogP contribution >= 0.6 is 0 Å². The van der Waals surface area contributed by atoms with Crippen LogP contribution < -0.4 is 0 Å². The highest BCUT2D eigenvalue weighted by Gasteiger charge is 2.63. The van der Waals surface area contributed by atoms with E-state index in [0.717, 1.165) is 24.0 Å². The molecule has 0 aromatic heterocycles. The summed E-state index contributed by atoms with van der Waals surface area (Å²) in [7, 11) is 0. The van der Waals surface area contributed by atoms with Crippen LogP contribution in [-0.2, 0) is 0 Å². The van der Waals surface area contributed by atoms with Gasteiger partial charge < -0.3 is 10.2 Å². The fourth-order valence-electron chi connectivity index (χ4n) is 4.55. The van der Waals surface area contributed by atoms with Crippen LogP contribution in [0.3, 0.4) is 0 Å². The van der Waals surface area contributed by atoms with Crippen LogP contribution in [0.25, 0.3) is 0 Å². The topological polar surface area (TPSA) is 65.2 Å². The lowest BCUT2D eigenvalue weighted by Crippen LogP contribution is -2.09. The number of para-hydroxylation sites is 2. The van der Waals surface area contributed by atoms with Gasteiger partial charge in [-0.15, -0.1) is 0 Å². The van der Waals surface area contributed by atoms with Crippen molar-refractivity contribution >= 4 is 12.4 Å². The lowest BCUT2D eigenvalue weighted by atomic mass is 9.90. The number of phenols is 2. The Labute approximate surface area is 186 Å². The second kappa shape index (κ2) is 11.1. The van der Waals surface area contributed by atoms with Crippen molar-refractivity contribution in [1.82, 2.24) is 0 Å². The van der Waals surface area contributed by atoms with Crippen molar-refractivity contribution in [3.63, 3.8) is 0 Å². The number of aromatic hydroxyl groups is 2. The Kier molecular flexibility index (Phi) is 8.27. The first kappa shape index (κ1) is 23.1. The molecule has 1 saturated carbocycles. The Morgan fingerprint density at radius 1 is 0.710 bits per heavy atom. The van der Waals surface area contributed by atoms with Gasteiger partial charge in [-0.2, -0.15) is 0 Å². The van der Waals surface area contributed by atoms with Gasteiger partial charge in [0, 0.05) is 29.0 Å². The lowest BCUT2D eigenvalue weighted by molar-refractivity contribution is 0.367. The molecule has 3 rings (SSSR count). The summed E-state index contributed by atoms with van der Waals surface area (Å²) in [5, 5.41) is 20.2. The van der Waals surface area contributed by atoms with Crippen LogP contribution in [0.4, 0.5) is 0 Å². The Bertz CT molecular complexity index is 817. The molecule has 1 aliphatic carbocycles. The predicted molar refractivity (Wildman–Crippen MR) is 130 cm³/mol. The standard InChI is InChI=1S/C27H36N2O2/c1-3-5-11-17-27(18-12-6-4-2)25(28-19-21-13-7-9-15-23(21)30)26(27)29-20-22-14-8-10-16-24(22)31/h7-10,13-16,19-20,25-26,30-31H,3-6,11-12,17-18H2,1-2H3. The largest absolute Gasteiger partial charge is 0.507 e. The summed E-state index contributed by atoms with van der Waals surface area (Å²) in [4.78, 5) is 9.87. The third kappa shape index (κ3) is 5.75. The molecule has 166 valence electrons. The highest BCUT2D eigenvalue weighted by molar-refractivity contribution is 5.85. The second-order valence-electron chi connectivity index (χ2n) is 8.71. The van der Waals surface area contributed by atoms with Crippen molar-refractivity contribution in [3.05, 3.63) is 59.7 Å². The highest BCUT2D eigenvalue weighted by atomic mass is 16.3. The molecule has 1 fully saturated rings. The van der Waals surface area contributed by atoms with E-state index in [1.165, 1.54) is 38.5 Å². The maximum atomic E-state index is 10.1. The van der Waals surface area contributed by atoms with E-state index in [4.69, 9.17) is 9.98 Å². The fourth-order valence-corrected chi connectivity index (χ4v) is 4.55. The Hall–Kier alpha value is -2.62. The van der Waals surface area contributed by atoms with E-state index in [1.54, 1.807) is 12.1 Å². The van der Waals surface area contributed by atoms with Gasteiger partial charge in [0.05, 0.1) is 12.1 Å². The van der Waals surface area contributed by atoms with E-state index in [1.807, 2.05) is 48.8 Å². The molecule has 2 atom stereocenters. The fraction of sp³-hybridized carbons (Fsp3) is 0.481. The molecule has 0 aliphatic heterocycles. The normalized spacial score (nSPS) is 19.9. The first-order valence-corrected chi connectivity index (χ1v) is 11.7. The number of unbranched alkanes of at least 4 members (excludes halogenated alkanes) is 4. The van der Waals surface area contributed by atoms with Crippen LogP contribution in [0, 0.1) is 5.41 Å². The molecule has 4 heteroatoms. The minimum atomic E-state index is 0.0755. The Morgan fingerprint density at radius 3 is 1.52 bits per heavy atom. The number of hydrogen-bond donors (Lipinski definition) is 2. The molecule has 0 heterocycles. The summed E-state index contributed by atoms with van der Waals surface area (Å²) in [6.45, 7) is 4.47. The van der Waals surface area contributed by atoms with Gasteiger partial charge in [0.2, 0.25) is 0 Å². The lowest BCUT2D eigenvalue weighted by Gasteiger charge is -2.16. The molecule has 2 N–H and O–H groups in total. The van der Waals surface area contributed by atoms with E-state index in [-0.39, 0.29) is 29.0 Å². The van der Waals surface area contributed by atoms with Gasteiger partial charge in [0.15, 0.2) is 0 Å². The molecule has 0 bridgehead atoms. The first-order valence-electron chi connectivity index (χ1n) is 11.7. The van der Waals surface area contributed by atoms with Crippen molar-refractivity contribution in [3.8, 4) is 11.5 Å². The third-order valence-electron chi connectivity index (χ3n) is 6.48. The number of aliphatic imine (C=N–C) groups is 2. The zero-order valence-electron chi connectivity index (χ0n) is 18.9. The summed E-state index contributed by atoms with van der Waals surface area (Å²) in [5.74, 6) is 0.507. The van der Waals surface area contributed by atoms with Crippen LogP contribution in [0.1, 0.15) is 76.3 Å². The van der Waals surface area contributed by atoms with E-state index >= 15 is 0 Å². The number of nitrogens with zero attached hydrogens (tertiary/aromatic N) is 2. The average molecular weight is 421 g/mol. The second-order valence-corrected chi connectivity index (χ2v) is 8.71. The van der Waals surface area contributed by atoms with Gasteiger partial charge >= 0.3 is 0 Å². The monoisotopic (exact) mass is 420 g/mol. The SMILES string of the molecule is CCCCCC1(CCCCC)C(N=Cc2ccccc2O)C1N=Cc1ccccc1O. The smallest absolute Gasteiger partial charge is 0.124 e. The van der Waals surface area contributed by atoms with Crippen molar-refractivity contribution in [2.75, 3.05) is 0 Å². The molecule has 2 aromatic carbocycles. The third-order valence-corrected chi connectivity index (χ3v) is 6.48. The molecule has 31 heavy (non-hydrogen) atoms. The van der Waals surface area contributed by atoms with Crippen molar-refractivity contribution < 1.29 is 10.2 Å². The summed E-state index contributed by atoms with van der Waals surface area (Å²) in [6, 6.07) is 14.9. The van der Waals surface area contributed by atoms with Gasteiger partial charge in [-0.05, 0) is 37.1 Å². The zero-order valence-corrected chi connectivity index (χ0v) is 18.9. The summed E-state index contributed by atoms with van der Waals surface area (Å²) < 4.78 is 0. The van der Waals surface area contributed by atoms with Crippen LogP contribution in [0.15, 0.2) is 58.5 Å². The van der Waals surface area contributed by atoms with E-state index in [0.29, 0.717) is 0 Å². The quantitative estimate of drug-likeness (QED) is 0.303. The summed E-state index contributed by atoms with van der Waals surface area (Å²) >= 11 is 0. The van der Waals surface area contributed by atoms with E-state index in [2.05, 4.69) is 13.8 Å². The van der Waals surface area contributed by atoms with Gasteiger partial charge in [0.25, 0.3) is 0 Å². The Balaban J connectivity index is 1.85. The van der Waals surface area contributed by atoms with Gasteiger partial charge in [-0.1, -0.05) is 76.6 Å². The minimum absolute atomic E-state index is 0.0755. The molecule has 2 aromatic rings. The van der Waals surface area contributed by atoms with E-state index in [9.17, 15) is 10.2 Å². The van der Waals surface area contributed by atoms with Crippen LogP contribution in [-0.4, -0.2) is 34.7 Å². The van der Waals surface area contributed by atoms with Crippen molar-refractivity contribution in [2.24, 2.45) is 15.4 Å². The average Bonchev–Trinajstić information content (AvgIpc) is 3.38. The molecule has 1 aliphatic rings. The molecule has 0 amide bonds. The number of phenolic OH excluding ortho intramolecular Hbond substituents is 2. The molecule has 0 saturated heterocycles. The number of benzene rings is 2. The molecule has 0 spiro atoms. The van der Waals surface area contributed by atoms with Crippen molar-refractivity contribution in [1.29, 1.82) is 0 Å². The van der Waals surface area contributed by atoms with Gasteiger partial charge in [0.1, 0.15) is 11.5 Å². The van der Waals surface area contributed by atoms with Crippen LogP contribution in [0.5, 0.6) is 11.5 Å². The molecular formula is C27H36N2O2. The van der Waals surface area contributed by atoms with E-state index < -0.39 is 0 Å². The molecule has 0 radical (unpaired) electrons. The summed E-state index contributed by atoms with van der Waals surface area (Å²) in [6.07, 6.45) is 13.1. The Morgan fingerprint density at radius 2 is 1.13 bits per heavy atom.